The van der Waals surface area contributed by atoms with Crippen molar-refractivity contribution >= 4 is 17.5 Å². The lowest BCUT2D eigenvalue weighted by Crippen LogP contribution is -2.28. The summed E-state index contributed by atoms with van der Waals surface area (Å²) in [6, 6.07) is 7.01. The highest BCUT2D eigenvalue weighted by molar-refractivity contribution is 6.32. The predicted molar refractivity (Wildman–Crippen MR) is 60.2 cm³/mol. The van der Waals surface area contributed by atoms with Crippen LogP contribution in [0.1, 0.15) is 0 Å². The fourth-order valence-electron chi connectivity index (χ4n) is 0.942. The van der Waals surface area contributed by atoms with E-state index in [1.165, 1.54) is 0 Å². The minimum atomic E-state index is -0.199. The standard InChI is InChI=1S/C11H12ClNO2/c1-2-7-13-11(14)8-15-10-6-4-3-5-9(10)12/h2-6H,1,7-8H2,(H,13,14). The zero-order valence-corrected chi connectivity index (χ0v) is 8.96. The van der Waals surface area contributed by atoms with Crippen LogP contribution in [0.15, 0.2) is 36.9 Å². The van der Waals surface area contributed by atoms with E-state index in [4.69, 9.17) is 16.3 Å². The molecule has 0 heterocycles. The van der Waals surface area contributed by atoms with E-state index in [1.54, 1.807) is 30.3 Å². The summed E-state index contributed by atoms with van der Waals surface area (Å²) in [7, 11) is 0. The topological polar surface area (TPSA) is 38.3 Å². The molecule has 0 aliphatic carbocycles. The molecule has 0 bridgehead atoms. The molecule has 0 aromatic heterocycles. The fourth-order valence-corrected chi connectivity index (χ4v) is 1.13. The molecule has 0 fully saturated rings. The molecule has 0 unspecified atom stereocenters. The molecule has 1 aromatic rings. The van der Waals surface area contributed by atoms with Crippen molar-refractivity contribution in [1.82, 2.24) is 5.32 Å². The van der Waals surface area contributed by atoms with Gasteiger partial charge in [0.2, 0.25) is 0 Å². The second-order valence-corrected chi connectivity index (χ2v) is 3.22. The molecule has 0 atom stereocenters. The Kier molecular flexibility index (Phi) is 4.71. The van der Waals surface area contributed by atoms with Gasteiger partial charge >= 0.3 is 0 Å². The summed E-state index contributed by atoms with van der Waals surface area (Å²) in [5, 5.41) is 3.09. The van der Waals surface area contributed by atoms with E-state index in [9.17, 15) is 4.79 Å². The molecule has 15 heavy (non-hydrogen) atoms. The lowest BCUT2D eigenvalue weighted by atomic mass is 10.3. The predicted octanol–water partition coefficient (Wildman–Crippen LogP) is 2.02. The zero-order valence-electron chi connectivity index (χ0n) is 8.20. The lowest BCUT2D eigenvalue weighted by molar-refractivity contribution is -0.122. The number of carbonyl (C=O) groups excluding carboxylic acids is 1. The van der Waals surface area contributed by atoms with E-state index in [0.717, 1.165) is 0 Å². The van der Waals surface area contributed by atoms with Crippen LogP contribution in [0.2, 0.25) is 5.02 Å². The quantitative estimate of drug-likeness (QED) is 0.779. The van der Waals surface area contributed by atoms with Gasteiger partial charge in [0.25, 0.3) is 5.91 Å². The van der Waals surface area contributed by atoms with Crippen LogP contribution < -0.4 is 10.1 Å². The highest BCUT2D eigenvalue weighted by Gasteiger charge is 2.03. The van der Waals surface area contributed by atoms with Gasteiger partial charge in [-0.2, -0.15) is 0 Å². The number of benzene rings is 1. The average Bonchev–Trinajstić information content (AvgIpc) is 2.25. The summed E-state index contributed by atoms with van der Waals surface area (Å²) >= 11 is 5.84. The Bertz CT molecular complexity index is 352. The number of hydrogen-bond acceptors (Lipinski definition) is 2. The van der Waals surface area contributed by atoms with Crippen molar-refractivity contribution in [2.24, 2.45) is 0 Å². The van der Waals surface area contributed by atoms with Gasteiger partial charge in [-0.15, -0.1) is 6.58 Å². The van der Waals surface area contributed by atoms with Crippen molar-refractivity contribution in [3.8, 4) is 5.75 Å². The Morgan fingerprint density at radius 3 is 2.93 bits per heavy atom. The summed E-state index contributed by atoms with van der Waals surface area (Å²) < 4.78 is 5.22. The molecule has 0 saturated heterocycles. The molecule has 1 N–H and O–H groups in total. The molecule has 0 radical (unpaired) electrons. The van der Waals surface area contributed by atoms with Gasteiger partial charge in [0, 0.05) is 6.54 Å². The maximum Gasteiger partial charge on any atom is 0.258 e. The minimum absolute atomic E-state index is 0.0441. The number of amides is 1. The van der Waals surface area contributed by atoms with Crippen molar-refractivity contribution in [2.45, 2.75) is 0 Å². The monoisotopic (exact) mass is 225 g/mol. The Balaban J connectivity index is 2.40. The SMILES string of the molecule is C=CCNC(=O)COc1ccccc1Cl. The molecule has 0 aliphatic heterocycles. The molecular formula is C11H12ClNO2. The van der Waals surface area contributed by atoms with Gasteiger partial charge in [0.05, 0.1) is 5.02 Å². The van der Waals surface area contributed by atoms with Gasteiger partial charge < -0.3 is 10.1 Å². The average molecular weight is 226 g/mol. The first kappa shape index (κ1) is 11.6. The van der Waals surface area contributed by atoms with E-state index in [0.29, 0.717) is 17.3 Å². The van der Waals surface area contributed by atoms with Crippen LogP contribution in [0.5, 0.6) is 5.75 Å². The first-order valence-electron chi connectivity index (χ1n) is 4.49. The van der Waals surface area contributed by atoms with Crippen LogP contribution >= 0.6 is 11.6 Å². The van der Waals surface area contributed by atoms with E-state index >= 15 is 0 Å². The van der Waals surface area contributed by atoms with E-state index in [1.807, 2.05) is 0 Å². The molecule has 0 spiro atoms. The van der Waals surface area contributed by atoms with Gasteiger partial charge in [0.15, 0.2) is 6.61 Å². The summed E-state index contributed by atoms with van der Waals surface area (Å²) in [6.45, 7) is 3.88. The third-order valence-electron chi connectivity index (χ3n) is 1.64. The van der Waals surface area contributed by atoms with Crippen LogP contribution in [-0.4, -0.2) is 19.1 Å². The summed E-state index contributed by atoms with van der Waals surface area (Å²) in [4.78, 5) is 11.2. The van der Waals surface area contributed by atoms with Crippen molar-refractivity contribution in [3.05, 3.63) is 41.9 Å². The van der Waals surface area contributed by atoms with E-state index in [-0.39, 0.29) is 12.5 Å². The maximum absolute atomic E-state index is 11.2. The highest BCUT2D eigenvalue weighted by atomic mass is 35.5. The number of carbonyl (C=O) groups is 1. The number of halogens is 1. The Morgan fingerprint density at radius 2 is 2.27 bits per heavy atom. The maximum atomic E-state index is 11.2. The number of para-hydroxylation sites is 1. The highest BCUT2D eigenvalue weighted by Crippen LogP contribution is 2.22. The second kappa shape index (κ2) is 6.09. The van der Waals surface area contributed by atoms with E-state index in [2.05, 4.69) is 11.9 Å². The number of nitrogens with one attached hydrogen (secondary N) is 1. The Hall–Kier alpha value is -1.48. The smallest absolute Gasteiger partial charge is 0.258 e. The largest absolute Gasteiger partial charge is 0.482 e. The Labute approximate surface area is 93.7 Å². The normalized spacial score (nSPS) is 9.40. The van der Waals surface area contributed by atoms with Crippen LogP contribution in [0.3, 0.4) is 0 Å². The van der Waals surface area contributed by atoms with Crippen molar-refractivity contribution in [1.29, 1.82) is 0 Å². The minimum Gasteiger partial charge on any atom is -0.482 e. The van der Waals surface area contributed by atoms with Gasteiger partial charge in [-0.05, 0) is 12.1 Å². The summed E-state index contributed by atoms with van der Waals surface area (Å²) in [6.07, 6.45) is 1.60. The van der Waals surface area contributed by atoms with Crippen LogP contribution in [-0.2, 0) is 4.79 Å². The molecule has 80 valence electrons. The Morgan fingerprint density at radius 1 is 1.53 bits per heavy atom. The first-order chi connectivity index (χ1) is 7.24. The molecule has 1 rings (SSSR count). The van der Waals surface area contributed by atoms with Gasteiger partial charge in [-0.3, -0.25) is 4.79 Å². The number of rotatable bonds is 5. The summed E-state index contributed by atoms with van der Waals surface area (Å²) in [5.74, 6) is 0.308. The molecule has 3 nitrogen and oxygen atoms in total. The van der Waals surface area contributed by atoms with Gasteiger partial charge in [0.1, 0.15) is 5.75 Å². The van der Waals surface area contributed by atoms with Crippen molar-refractivity contribution in [2.75, 3.05) is 13.2 Å². The summed E-state index contributed by atoms with van der Waals surface area (Å²) in [5.41, 5.74) is 0. The molecule has 1 amide bonds. The third-order valence-corrected chi connectivity index (χ3v) is 1.95. The second-order valence-electron chi connectivity index (χ2n) is 2.81. The third kappa shape index (κ3) is 4.04. The molecule has 1 aromatic carbocycles. The van der Waals surface area contributed by atoms with Crippen molar-refractivity contribution in [3.63, 3.8) is 0 Å². The van der Waals surface area contributed by atoms with E-state index < -0.39 is 0 Å². The number of hydrogen-bond donors (Lipinski definition) is 1. The fraction of sp³-hybridized carbons (Fsp3) is 0.182. The van der Waals surface area contributed by atoms with Crippen LogP contribution in [0.25, 0.3) is 0 Å². The van der Waals surface area contributed by atoms with Crippen molar-refractivity contribution < 1.29 is 9.53 Å². The van der Waals surface area contributed by atoms with Gasteiger partial charge in [-0.1, -0.05) is 29.8 Å². The van der Waals surface area contributed by atoms with Crippen LogP contribution in [0.4, 0.5) is 0 Å². The lowest BCUT2D eigenvalue weighted by Gasteiger charge is -2.07. The number of ether oxygens (including phenoxy) is 1. The molecule has 0 saturated carbocycles. The van der Waals surface area contributed by atoms with Crippen LogP contribution in [0, 0.1) is 0 Å². The van der Waals surface area contributed by atoms with Gasteiger partial charge in [-0.25, -0.2) is 0 Å². The molecular weight excluding hydrogens is 214 g/mol. The zero-order chi connectivity index (χ0) is 11.1. The molecule has 4 heteroatoms. The first-order valence-corrected chi connectivity index (χ1v) is 4.86. The molecule has 0 aliphatic rings.